The molecular formula is C43H84INO5. The van der Waals surface area contributed by atoms with E-state index in [9.17, 15) is 14.7 Å². The van der Waals surface area contributed by atoms with Crippen LogP contribution < -0.4 is 0 Å². The van der Waals surface area contributed by atoms with Crippen LogP contribution in [-0.4, -0.2) is 65.3 Å². The van der Waals surface area contributed by atoms with Crippen LogP contribution in [0.1, 0.15) is 219 Å². The van der Waals surface area contributed by atoms with Gasteiger partial charge in [0.2, 0.25) is 0 Å². The summed E-state index contributed by atoms with van der Waals surface area (Å²) >= 11 is 2.41. The fourth-order valence-corrected chi connectivity index (χ4v) is 7.26. The highest BCUT2D eigenvalue weighted by atomic mass is 127. The third-order valence-corrected chi connectivity index (χ3v) is 10.7. The maximum atomic E-state index is 12.7. The van der Waals surface area contributed by atoms with Gasteiger partial charge in [0, 0.05) is 19.4 Å². The largest absolute Gasteiger partial charge is 0.466 e. The molecule has 0 fully saturated rings. The maximum absolute atomic E-state index is 12.7. The second-order valence-electron chi connectivity index (χ2n) is 14.9. The highest BCUT2D eigenvalue weighted by Crippen LogP contribution is 2.18. The number of hydrogen-bond acceptors (Lipinski definition) is 6. The summed E-state index contributed by atoms with van der Waals surface area (Å²) in [4.78, 5) is 27.0. The molecule has 0 aliphatic heterocycles. The van der Waals surface area contributed by atoms with E-state index in [4.69, 9.17) is 9.47 Å². The smallest absolute Gasteiger partial charge is 0.306 e. The van der Waals surface area contributed by atoms with Crippen molar-refractivity contribution in [3.8, 4) is 0 Å². The van der Waals surface area contributed by atoms with E-state index >= 15 is 0 Å². The van der Waals surface area contributed by atoms with Crippen molar-refractivity contribution in [2.24, 2.45) is 0 Å². The van der Waals surface area contributed by atoms with Crippen molar-refractivity contribution in [1.82, 2.24) is 4.90 Å². The van der Waals surface area contributed by atoms with Gasteiger partial charge in [0.1, 0.15) is 6.10 Å². The Kier molecular flexibility index (Phi) is 41.0. The number of aliphatic hydroxyl groups excluding tert-OH is 1. The first-order valence-electron chi connectivity index (χ1n) is 21.8. The number of carbonyl (C=O) groups excluding carboxylic acids is 2. The van der Waals surface area contributed by atoms with Crippen LogP contribution in [0.15, 0.2) is 0 Å². The fraction of sp³-hybridized carbons (Fsp3) is 0.953. The minimum Gasteiger partial charge on any atom is -0.466 e. The number of esters is 2. The third-order valence-electron chi connectivity index (χ3n) is 9.98. The number of halogens is 1. The van der Waals surface area contributed by atoms with Gasteiger partial charge in [-0.15, -0.1) is 0 Å². The second kappa shape index (κ2) is 41.3. The Morgan fingerprint density at radius 3 is 1.44 bits per heavy atom. The zero-order chi connectivity index (χ0) is 36.6. The molecule has 0 aromatic rings. The SMILES string of the molecule is CCCCCCCCC(CCCCCCCC)OC(=O)CCCCCCCN(CCO)CCCCCCCCCC(=O)OCCCCCCI. The molecule has 50 heavy (non-hydrogen) atoms. The van der Waals surface area contributed by atoms with Gasteiger partial charge in [0.05, 0.1) is 13.2 Å². The van der Waals surface area contributed by atoms with Crippen LogP contribution in [-0.2, 0) is 19.1 Å². The van der Waals surface area contributed by atoms with Crippen molar-refractivity contribution in [2.75, 3.05) is 37.3 Å². The molecule has 1 N–H and O–H groups in total. The number of hydrogen-bond donors (Lipinski definition) is 1. The van der Waals surface area contributed by atoms with Crippen molar-refractivity contribution < 1.29 is 24.2 Å². The number of ether oxygens (including phenoxy) is 2. The Balaban J connectivity index is 3.92. The van der Waals surface area contributed by atoms with E-state index in [0.29, 0.717) is 19.4 Å². The van der Waals surface area contributed by atoms with E-state index in [0.717, 1.165) is 83.8 Å². The molecule has 0 aliphatic rings. The first-order chi connectivity index (χ1) is 24.6. The van der Waals surface area contributed by atoms with Gasteiger partial charge in [-0.3, -0.25) is 9.59 Å². The monoisotopic (exact) mass is 822 g/mol. The van der Waals surface area contributed by atoms with Crippen molar-refractivity contribution in [1.29, 1.82) is 0 Å². The molecule has 0 amide bonds. The molecule has 0 rings (SSSR count). The van der Waals surface area contributed by atoms with Gasteiger partial charge in [-0.25, -0.2) is 0 Å². The quantitative estimate of drug-likeness (QED) is 0.0286. The summed E-state index contributed by atoms with van der Waals surface area (Å²) < 4.78 is 12.6. The molecule has 0 aliphatic carbocycles. The molecule has 0 heterocycles. The van der Waals surface area contributed by atoms with E-state index in [-0.39, 0.29) is 24.6 Å². The van der Waals surface area contributed by atoms with Gasteiger partial charge in [-0.2, -0.15) is 0 Å². The Hall–Kier alpha value is -0.410. The van der Waals surface area contributed by atoms with Gasteiger partial charge in [-0.05, 0) is 81.7 Å². The predicted octanol–water partition coefficient (Wildman–Crippen LogP) is 12.7. The van der Waals surface area contributed by atoms with Gasteiger partial charge in [0.15, 0.2) is 0 Å². The molecule has 0 bridgehead atoms. The molecule has 0 radical (unpaired) electrons. The molecule has 7 heteroatoms. The van der Waals surface area contributed by atoms with Crippen LogP contribution in [0, 0.1) is 0 Å². The van der Waals surface area contributed by atoms with E-state index in [2.05, 4.69) is 41.3 Å². The number of nitrogens with zero attached hydrogens (tertiary/aromatic N) is 1. The summed E-state index contributed by atoms with van der Waals surface area (Å²) in [7, 11) is 0. The first-order valence-corrected chi connectivity index (χ1v) is 23.3. The lowest BCUT2D eigenvalue weighted by Gasteiger charge is -2.21. The Morgan fingerprint density at radius 2 is 0.940 bits per heavy atom. The second-order valence-corrected chi connectivity index (χ2v) is 15.9. The van der Waals surface area contributed by atoms with E-state index in [1.54, 1.807) is 0 Å². The van der Waals surface area contributed by atoms with Crippen LogP contribution >= 0.6 is 22.6 Å². The summed E-state index contributed by atoms with van der Waals surface area (Å²) in [5.41, 5.74) is 0. The van der Waals surface area contributed by atoms with Crippen LogP contribution in [0.2, 0.25) is 0 Å². The Labute approximate surface area is 324 Å². The molecule has 0 saturated carbocycles. The molecule has 0 unspecified atom stereocenters. The minimum atomic E-state index is -0.0241. The van der Waals surface area contributed by atoms with Crippen molar-refractivity contribution in [3.05, 3.63) is 0 Å². The summed E-state index contributed by atoms with van der Waals surface area (Å²) in [5.74, 6) is -0.00615. The van der Waals surface area contributed by atoms with Crippen LogP contribution in [0.5, 0.6) is 0 Å². The van der Waals surface area contributed by atoms with Gasteiger partial charge in [0.25, 0.3) is 0 Å². The number of aliphatic hydroxyl groups is 1. The Bertz CT molecular complexity index is 693. The molecule has 0 aromatic carbocycles. The van der Waals surface area contributed by atoms with Crippen molar-refractivity contribution >= 4 is 34.5 Å². The van der Waals surface area contributed by atoms with Crippen molar-refractivity contribution in [3.63, 3.8) is 0 Å². The fourth-order valence-electron chi connectivity index (χ4n) is 6.72. The van der Waals surface area contributed by atoms with E-state index in [1.807, 2.05) is 0 Å². The standard InChI is InChI=1S/C43H84INO5/c1-3-5-7-9-15-23-31-41(32-24-16-10-8-6-4-2)50-43(48)34-26-18-14-21-29-37-45(38-39-46)36-28-20-13-11-12-17-25-33-42(47)49-40-30-22-19-27-35-44/h41,46H,3-40H2,1-2H3. The molecule has 0 aromatic heterocycles. The molecule has 298 valence electrons. The van der Waals surface area contributed by atoms with Crippen LogP contribution in [0.3, 0.4) is 0 Å². The number of alkyl halides is 1. The topological polar surface area (TPSA) is 76.1 Å². The molecule has 6 nitrogen and oxygen atoms in total. The molecule has 0 atom stereocenters. The van der Waals surface area contributed by atoms with E-state index < -0.39 is 0 Å². The summed E-state index contributed by atoms with van der Waals surface area (Å²) in [5, 5.41) is 9.54. The zero-order valence-electron chi connectivity index (χ0n) is 33.4. The zero-order valence-corrected chi connectivity index (χ0v) is 35.5. The van der Waals surface area contributed by atoms with Gasteiger partial charge in [-0.1, -0.05) is 165 Å². The predicted molar refractivity (Wildman–Crippen MR) is 222 cm³/mol. The number of carbonyl (C=O) groups is 2. The van der Waals surface area contributed by atoms with Crippen LogP contribution in [0.25, 0.3) is 0 Å². The first kappa shape index (κ1) is 49.6. The van der Waals surface area contributed by atoms with Crippen molar-refractivity contribution in [2.45, 2.75) is 225 Å². The summed E-state index contributed by atoms with van der Waals surface area (Å²) in [6, 6.07) is 0. The lowest BCUT2D eigenvalue weighted by atomic mass is 10.0. The molecular weight excluding hydrogens is 737 g/mol. The molecule has 0 spiro atoms. The average Bonchev–Trinajstić information content (AvgIpc) is 3.11. The highest BCUT2D eigenvalue weighted by molar-refractivity contribution is 14.1. The van der Waals surface area contributed by atoms with Gasteiger partial charge >= 0.3 is 11.9 Å². The summed E-state index contributed by atoms with van der Waals surface area (Å²) in [6.07, 6.45) is 37.1. The van der Waals surface area contributed by atoms with E-state index in [1.165, 1.54) is 133 Å². The van der Waals surface area contributed by atoms with Gasteiger partial charge < -0.3 is 19.5 Å². The lowest BCUT2D eigenvalue weighted by Crippen LogP contribution is -2.29. The minimum absolute atomic E-state index is 0.0180. The number of rotatable bonds is 41. The van der Waals surface area contributed by atoms with Crippen LogP contribution in [0.4, 0.5) is 0 Å². The molecule has 0 saturated heterocycles. The summed E-state index contributed by atoms with van der Waals surface area (Å²) in [6.45, 7) is 8.21. The normalized spacial score (nSPS) is 11.6. The average molecular weight is 822 g/mol. The Morgan fingerprint density at radius 1 is 0.520 bits per heavy atom. The number of unbranched alkanes of at least 4 members (excludes halogenated alkanes) is 23. The highest BCUT2D eigenvalue weighted by Gasteiger charge is 2.14. The lowest BCUT2D eigenvalue weighted by molar-refractivity contribution is -0.150. The maximum Gasteiger partial charge on any atom is 0.306 e. The third kappa shape index (κ3) is 37.4.